The molecule has 16 heavy (non-hydrogen) atoms. The van der Waals surface area contributed by atoms with Crippen molar-refractivity contribution in [2.24, 2.45) is 5.73 Å². The molecule has 0 saturated heterocycles. The van der Waals surface area contributed by atoms with Crippen LogP contribution in [0.4, 0.5) is 0 Å². The van der Waals surface area contributed by atoms with E-state index in [1.165, 1.54) is 30.6 Å². The highest BCUT2D eigenvalue weighted by Crippen LogP contribution is 2.29. The largest absolute Gasteiger partial charge is 0.325 e. The number of Topliss-reactive ketones (excluding diaryl/α,β-unsaturated/α-hetero) is 1. The lowest BCUT2D eigenvalue weighted by Gasteiger charge is -2.32. The van der Waals surface area contributed by atoms with Crippen LogP contribution in [0.3, 0.4) is 0 Å². The molecule has 1 aromatic heterocycles. The number of rotatable bonds is 4. The van der Waals surface area contributed by atoms with Crippen molar-refractivity contribution < 1.29 is 4.79 Å². The standard InChI is InChI=1S/C12H18N2OS/c13-12(4-2-1-3-5-12)7-10(15)6-11-8-14-9-16-11/h8-9H,1-7,13H2. The predicted octanol–water partition coefficient (Wildman–Crippen LogP) is 2.31. The molecule has 1 aliphatic carbocycles. The molecule has 0 unspecified atom stereocenters. The molecule has 88 valence electrons. The van der Waals surface area contributed by atoms with Crippen LogP contribution in [0.1, 0.15) is 43.4 Å². The molecule has 0 aliphatic heterocycles. The minimum atomic E-state index is -0.222. The second-order valence-electron chi connectivity index (χ2n) is 4.78. The molecule has 1 fully saturated rings. The maximum absolute atomic E-state index is 11.9. The van der Waals surface area contributed by atoms with Gasteiger partial charge in [0, 0.05) is 29.5 Å². The van der Waals surface area contributed by atoms with Gasteiger partial charge in [0.15, 0.2) is 0 Å². The van der Waals surface area contributed by atoms with E-state index in [0.29, 0.717) is 12.8 Å². The van der Waals surface area contributed by atoms with Crippen molar-refractivity contribution in [3.05, 3.63) is 16.6 Å². The van der Waals surface area contributed by atoms with Gasteiger partial charge >= 0.3 is 0 Å². The first kappa shape index (κ1) is 11.7. The Morgan fingerprint density at radius 3 is 2.81 bits per heavy atom. The molecule has 2 N–H and O–H groups in total. The summed E-state index contributed by atoms with van der Waals surface area (Å²) in [7, 11) is 0. The highest BCUT2D eigenvalue weighted by Gasteiger charge is 2.29. The molecule has 0 bridgehead atoms. The molecule has 1 aromatic rings. The van der Waals surface area contributed by atoms with Crippen LogP contribution in [0.2, 0.25) is 0 Å². The molecule has 0 amide bonds. The summed E-state index contributed by atoms with van der Waals surface area (Å²) in [5.41, 5.74) is 7.80. The normalized spacial score (nSPS) is 19.6. The van der Waals surface area contributed by atoms with Gasteiger partial charge in [-0.05, 0) is 12.8 Å². The highest BCUT2D eigenvalue weighted by molar-refractivity contribution is 7.09. The first-order chi connectivity index (χ1) is 7.68. The second-order valence-corrected chi connectivity index (χ2v) is 5.75. The monoisotopic (exact) mass is 238 g/mol. The van der Waals surface area contributed by atoms with Crippen LogP contribution in [-0.4, -0.2) is 16.3 Å². The fraction of sp³-hybridized carbons (Fsp3) is 0.667. The predicted molar refractivity (Wildman–Crippen MR) is 65.4 cm³/mol. The number of aromatic nitrogens is 1. The zero-order valence-corrected chi connectivity index (χ0v) is 10.3. The minimum Gasteiger partial charge on any atom is -0.325 e. The van der Waals surface area contributed by atoms with Gasteiger partial charge in [0.05, 0.1) is 5.51 Å². The Morgan fingerprint density at radius 1 is 1.44 bits per heavy atom. The Labute approximate surface area is 100 Å². The maximum Gasteiger partial charge on any atom is 0.139 e. The summed E-state index contributed by atoms with van der Waals surface area (Å²) in [6.07, 6.45) is 8.42. The molecule has 2 rings (SSSR count). The van der Waals surface area contributed by atoms with Crippen molar-refractivity contribution in [3.63, 3.8) is 0 Å². The van der Waals surface area contributed by atoms with E-state index in [4.69, 9.17) is 5.73 Å². The number of carbonyl (C=O) groups excluding carboxylic acids is 1. The summed E-state index contributed by atoms with van der Waals surface area (Å²) in [6.45, 7) is 0. The third-order valence-electron chi connectivity index (χ3n) is 3.25. The molecule has 0 spiro atoms. The topological polar surface area (TPSA) is 56.0 Å². The number of hydrogen-bond donors (Lipinski definition) is 1. The number of thiazole rings is 1. The van der Waals surface area contributed by atoms with E-state index in [1.807, 2.05) is 0 Å². The van der Waals surface area contributed by atoms with Crippen molar-refractivity contribution in [2.75, 3.05) is 0 Å². The lowest BCUT2D eigenvalue weighted by atomic mass is 9.79. The Balaban J connectivity index is 1.86. The Kier molecular flexibility index (Phi) is 3.71. The van der Waals surface area contributed by atoms with Gasteiger partial charge in [-0.3, -0.25) is 9.78 Å². The van der Waals surface area contributed by atoms with E-state index in [2.05, 4.69) is 4.98 Å². The third kappa shape index (κ3) is 3.12. The number of nitrogens with zero attached hydrogens (tertiary/aromatic N) is 1. The van der Waals surface area contributed by atoms with Crippen molar-refractivity contribution >= 4 is 17.1 Å². The van der Waals surface area contributed by atoms with Gasteiger partial charge in [0.25, 0.3) is 0 Å². The quantitative estimate of drug-likeness (QED) is 0.875. The zero-order valence-electron chi connectivity index (χ0n) is 9.45. The van der Waals surface area contributed by atoms with E-state index >= 15 is 0 Å². The SMILES string of the molecule is NC1(CC(=O)Cc2cncs2)CCCCC1. The zero-order chi connectivity index (χ0) is 11.4. The van der Waals surface area contributed by atoms with Gasteiger partial charge in [-0.2, -0.15) is 0 Å². The van der Waals surface area contributed by atoms with Gasteiger partial charge in [0.2, 0.25) is 0 Å². The Morgan fingerprint density at radius 2 is 2.19 bits per heavy atom. The van der Waals surface area contributed by atoms with Gasteiger partial charge in [-0.25, -0.2) is 0 Å². The van der Waals surface area contributed by atoms with Crippen LogP contribution >= 0.6 is 11.3 Å². The van der Waals surface area contributed by atoms with E-state index in [-0.39, 0.29) is 11.3 Å². The van der Waals surface area contributed by atoms with Gasteiger partial charge in [-0.15, -0.1) is 11.3 Å². The average molecular weight is 238 g/mol. The van der Waals surface area contributed by atoms with Crippen LogP contribution in [0.25, 0.3) is 0 Å². The van der Waals surface area contributed by atoms with E-state index in [9.17, 15) is 4.79 Å². The first-order valence-corrected chi connectivity index (χ1v) is 6.74. The minimum absolute atomic E-state index is 0.222. The maximum atomic E-state index is 11.9. The molecule has 0 aromatic carbocycles. The lowest BCUT2D eigenvalue weighted by Crippen LogP contribution is -2.43. The van der Waals surface area contributed by atoms with E-state index in [0.717, 1.165) is 17.7 Å². The number of carbonyl (C=O) groups is 1. The second kappa shape index (κ2) is 5.06. The third-order valence-corrected chi connectivity index (χ3v) is 4.03. The van der Waals surface area contributed by atoms with E-state index in [1.54, 1.807) is 11.7 Å². The molecule has 1 saturated carbocycles. The molecule has 1 aliphatic rings. The molecular weight excluding hydrogens is 220 g/mol. The van der Waals surface area contributed by atoms with Crippen LogP contribution < -0.4 is 5.73 Å². The first-order valence-electron chi connectivity index (χ1n) is 5.86. The molecule has 4 heteroatoms. The van der Waals surface area contributed by atoms with Crippen LogP contribution in [0, 0.1) is 0 Å². The smallest absolute Gasteiger partial charge is 0.139 e. The molecular formula is C12H18N2OS. The Bertz CT molecular complexity index is 342. The van der Waals surface area contributed by atoms with Crippen LogP contribution in [0.5, 0.6) is 0 Å². The van der Waals surface area contributed by atoms with Crippen molar-refractivity contribution in [3.8, 4) is 0 Å². The number of ketones is 1. The van der Waals surface area contributed by atoms with Crippen LogP contribution in [-0.2, 0) is 11.2 Å². The molecule has 0 radical (unpaired) electrons. The summed E-state index contributed by atoms with van der Waals surface area (Å²) >= 11 is 1.54. The average Bonchev–Trinajstić information content (AvgIpc) is 2.70. The summed E-state index contributed by atoms with van der Waals surface area (Å²) < 4.78 is 0. The fourth-order valence-electron chi connectivity index (χ4n) is 2.41. The van der Waals surface area contributed by atoms with Crippen LogP contribution in [0.15, 0.2) is 11.7 Å². The number of hydrogen-bond acceptors (Lipinski definition) is 4. The highest BCUT2D eigenvalue weighted by atomic mass is 32.1. The number of nitrogens with two attached hydrogens (primary N) is 1. The summed E-state index contributed by atoms with van der Waals surface area (Å²) in [5.74, 6) is 0.258. The summed E-state index contributed by atoms with van der Waals surface area (Å²) in [4.78, 5) is 16.9. The van der Waals surface area contributed by atoms with Gasteiger partial charge in [-0.1, -0.05) is 19.3 Å². The molecule has 1 heterocycles. The van der Waals surface area contributed by atoms with Crippen molar-refractivity contribution in [2.45, 2.75) is 50.5 Å². The molecule has 3 nitrogen and oxygen atoms in total. The van der Waals surface area contributed by atoms with E-state index < -0.39 is 0 Å². The Hall–Kier alpha value is -0.740. The van der Waals surface area contributed by atoms with Gasteiger partial charge < -0.3 is 5.73 Å². The summed E-state index contributed by atoms with van der Waals surface area (Å²) in [5, 5.41) is 0. The lowest BCUT2D eigenvalue weighted by molar-refractivity contribution is -0.119. The van der Waals surface area contributed by atoms with Gasteiger partial charge in [0.1, 0.15) is 5.78 Å². The van der Waals surface area contributed by atoms with Crippen molar-refractivity contribution in [1.29, 1.82) is 0 Å². The van der Waals surface area contributed by atoms with Crippen molar-refractivity contribution in [1.82, 2.24) is 4.98 Å². The molecule has 0 atom stereocenters. The summed E-state index contributed by atoms with van der Waals surface area (Å²) in [6, 6.07) is 0. The fourth-order valence-corrected chi connectivity index (χ4v) is 3.03.